The van der Waals surface area contributed by atoms with Gasteiger partial charge in [0.2, 0.25) is 10.0 Å². The Hall–Kier alpha value is -0.330. The normalized spacial score (nSPS) is 18.4. The third-order valence-electron chi connectivity index (χ3n) is 2.41. The number of rotatable bonds is 2. The van der Waals surface area contributed by atoms with Crippen molar-refractivity contribution in [3.05, 3.63) is 28.2 Å². The van der Waals surface area contributed by atoms with Gasteiger partial charge in [-0.15, -0.1) is 0 Å². The molecule has 0 aromatic heterocycles. The molecule has 2 rings (SSSR count). The molecule has 1 saturated heterocycles. The van der Waals surface area contributed by atoms with Crippen molar-refractivity contribution in [2.75, 3.05) is 13.1 Å². The number of benzene rings is 1. The van der Waals surface area contributed by atoms with Crippen molar-refractivity contribution in [3.63, 3.8) is 0 Å². The molecule has 0 radical (unpaired) electrons. The Morgan fingerprint density at radius 2 is 1.94 bits per heavy atom. The maximum absolute atomic E-state index is 12.1. The van der Waals surface area contributed by atoms with E-state index in [4.69, 9.17) is 28.9 Å². The zero-order valence-corrected chi connectivity index (χ0v) is 10.6. The molecule has 0 unspecified atom stereocenters. The minimum atomic E-state index is -3.55. The van der Waals surface area contributed by atoms with Gasteiger partial charge in [0.25, 0.3) is 0 Å². The zero-order chi connectivity index (χ0) is 11.9. The number of halogens is 2. The van der Waals surface area contributed by atoms with Crippen LogP contribution in [-0.4, -0.2) is 31.9 Å². The van der Waals surface area contributed by atoms with E-state index in [0.717, 1.165) is 0 Å². The number of hydrogen-bond acceptors (Lipinski definition) is 3. The summed E-state index contributed by atoms with van der Waals surface area (Å²) in [6, 6.07) is 4.45. The Morgan fingerprint density at radius 3 is 2.50 bits per heavy atom. The van der Waals surface area contributed by atoms with Crippen LogP contribution in [0.2, 0.25) is 10.0 Å². The van der Waals surface area contributed by atoms with Gasteiger partial charge in [-0.05, 0) is 12.1 Å². The highest BCUT2D eigenvalue weighted by Gasteiger charge is 2.35. The van der Waals surface area contributed by atoms with Crippen molar-refractivity contribution in [1.29, 1.82) is 0 Å². The van der Waals surface area contributed by atoms with Crippen molar-refractivity contribution in [3.8, 4) is 0 Å². The topological polar surface area (TPSA) is 63.4 Å². The van der Waals surface area contributed by atoms with Gasteiger partial charge in [-0.1, -0.05) is 29.3 Å². The van der Waals surface area contributed by atoms with Gasteiger partial charge in [0.1, 0.15) is 4.90 Å². The predicted molar refractivity (Wildman–Crippen MR) is 63.2 cm³/mol. The first-order valence-electron chi connectivity index (χ1n) is 4.62. The predicted octanol–water partition coefficient (Wildman–Crippen LogP) is 1.33. The SMILES string of the molecule is NC1CN(S(=O)(=O)c2cccc(Cl)c2Cl)C1. The molecular weight excluding hydrogens is 271 g/mol. The standard InChI is InChI=1S/C9H10Cl2N2O2S/c10-7-2-1-3-8(9(7)11)16(14,15)13-4-6(12)5-13/h1-3,6H,4-5,12H2. The molecule has 1 aromatic carbocycles. The molecule has 1 aliphatic heterocycles. The van der Waals surface area contributed by atoms with E-state index >= 15 is 0 Å². The Labute approximate surface area is 104 Å². The first-order valence-corrected chi connectivity index (χ1v) is 6.82. The van der Waals surface area contributed by atoms with E-state index in [1.165, 1.54) is 10.4 Å². The molecule has 1 heterocycles. The van der Waals surface area contributed by atoms with E-state index in [9.17, 15) is 8.42 Å². The molecule has 16 heavy (non-hydrogen) atoms. The Kier molecular flexibility index (Phi) is 3.16. The zero-order valence-electron chi connectivity index (χ0n) is 8.23. The van der Waals surface area contributed by atoms with Crippen LogP contribution in [0, 0.1) is 0 Å². The van der Waals surface area contributed by atoms with E-state index in [1.807, 2.05) is 0 Å². The lowest BCUT2D eigenvalue weighted by molar-refractivity contribution is 0.265. The van der Waals surface area contributed by atoms with Gasteiger partial charge in [0, 0.05) is 19.1 Å². The van der Waals surface area contributed by atoms with Crippen LogP contribution in [0.1, 0.15) is 0 Å². The highest BCUT2D eigenvalue weighted by molar-refractivity contribution is 7.89. The molecule has 1 aliphatic rings. The molecule has 0 atom stereocenters. The molecule has 0 spiro atoms. The first-order chi connectivity index (χ1) is 7.43. The average Bonchev–Trinajstić information content (AvgIpc) is 2.17. The van der Waals surface area contributed by atoms with E-state index in [-0.39, 0.29) is 21.0 Å². The number of nitrogens with zero attached hydrogens (tertiary/aromatic N) is 1. The smallest absolute Gasteiger partial charge is 0.244 e. The second-order valence-electron chi connectivity index (χ2n) is 3.63. The van der Waals surface area contributed by atoms with Crippen LogP contribution >= 0.6 is 23.2 Å². The summed E-state index contributed by atoms with van der Waals surface area (Å²) in [6.07, 6.45) is 0. The highest BCUT2D eigenvalue weighted by atomic mass is 35.5. The summed E-state index contributed by atoms with van der Waals surface area (Å²) in [5, 5.41) is 0.289. The van der Waals surface area contributed by atoms with E-state index in [1.54, 1.807) is 12.1 Å². The number of nitrogens with two attached hydrogens (primary N) is 1. The molecule has 0 bridgehead atoms. The Morgan fingerprint density at radius 1 is 1.31 bits per heavy atom. The van der Waals surface area contributed by atoms with Crippen molar-refractivity contribution >= 4 is 33.2 Å². The molecule has 88 valence electrons. The van der Waals surface area contributed by atoms with Crippen LogP contribution in [0.25, 0.3) is 0 Å². The third kappa shape index (κ3) is 1.94. The van der Waals surface area contributed by atoms with Gasteiger partial charge in [-0.3, -0.25) is 0 Å². The molecule has 1 aromatic rings. The van der Waals surface area contributed by atoms with Crippen molar-refractivity contribution in [1.82, 2.24) is 4.31 Å². The van der Waals surface area contributed by atoms with Gasteiger partial charge >= 0.3 is 0 Å². The minimum absolute atomic E-state index is 0.0357. The molecule has 0 aliphatic carbocycles. The van der Waals surface area contributed by atoms with Crippen molar-refractivity contribution < 1.29 is 8.42 Å². The Balaban J connectivity index is 2.40. The Bertz CT molecular complexity index is 512. The lowest BCUT2D eigenvalue weighted by Gasteiger charge is -2.35. The van der Waals surface area contributed by atoms with Crippen LogP contribution in [-0.2, 0) is 10.0 Å². The number of sulfonamides is 1. The summed E-state index contributed by atoms with van der Waals surface area (Å²) < 4.78 is 25.4. The fourth-order valence-corrected chi connectivity index (χ4v) is 3.78. The molecular formula is C9H10Cl2N2O2S. The van der Waals surface area contributed by atoms with Crippen molar-refractivity contribution in [2.45, 2.75) is 10.9 Å². The van der Waals surface area contributed by atoms with E-state index in [0.29, 0.717) is 13.1 Å². The molecule has 0 amide bonds. The fraction of sp³-hybridized carbons (Fsp3) is 0.333. The summed E-state index contributed by atoms with van der Waals surface area (Å²) in [5.41, 5.74) is 5.55. The molecule has 1 fully saturated rings. The minimum Gasteiger partial charge on any atom is -0.325 e. The largest absolute Gasteiger partial charge is 0.325 e. The van der Waals surface area contributed by atoms with E-state index in [2.05, 4.69) is 0 Å². The first kappa shape index (κ1) is 12.1. The van der Waals surface area contributed by atoms with Crippen LogP contribution in [0.3, 0.4) is 0 Å². The summed E-state index contributed by atoms with van der Waals surface area (Å²) >= 11 is 11.6. The van der Waals surface area contributed by atoms with E-state index < -0.39 is 10.0 Å². The van der Waals surface area contributed by atoms with Gasteiger partial charge in [0.05, 0.1) is 10.0 Å². The summed E-state index contributed by atoms with van der Waals surface area (Å²) in [4.78, 5) is 0.0357. The van der Waals surface area contributed by atoms with Crippen LogP contribution in [0.5, 0.6) is 0 Å². The summed E-state index contributed by atoms with van der Waals surface area (Å²) in [7, 11) is -3.55. The maximum atomic E-state index is 12.1. The maximum Gasteiger partial charge on any atom is 0.244 e. The quantitative estimate of drug-likeness (QED) is 0.889. The van der Waals surface area contributed by atoms with Crippen molar-refractivity contribution in [2.24, 2.45) is 5.73 Å². The monoisotopic (exact) mass is 280 g/mol. The fourth-order valence-electron chi connectivity index (χ4n) is 1.49. The van der Waals surface area contributed by atoms with Gasteiger partial charge in [-0.25, -0.2) is 8.42 Å². The second kappa shape index (κ2) is 4.16. The molecule has 7 heteroatoms. The molecule has 0 saturated carbocycles. The van der Waals surface area contributed by atoms with Crippen LogP contribution in [0.15, 0.2) is 23.1 Å². The highest BCUT2D eigenvalue weighted by Crippen LogP contribution is 2.32. The second-order valence-corrected chi connectivity index (χ2v) is 6.33. The lowest BCUT2D eigenvalue weighted by atomic mass is 10.2. The molecule has 4 nitrogen and oxygen atoms in total. The van der Waals surface area contributed by atoms with Gasteiger partial charge in [-0.2, -0.15) is 4.31 Å². The third-order valence-corrected chi connectivity index (χ3v) is 5.22. The van der Waals surface area contributed by atoms with Crippen LogP contribution in [0.4, 0.5) is 0 Å². The summed E-state index contributed by atoms with van der Waals surface area (Å²) in [6.45, 7) is 0.649. The molecule has 2 N–H and O–H groups in total. The average molecular weight is 281 g/mol. The van der Waals surface area contributed by atoms with Gasteiger partial charge in [0.15, 0.2) is 0 Å². The van der Waals surface area contributed by atoms with Crippen LogP contribution < -0.4 is 5.73 Å². The van der Waals surface area contributed by atoms with Gasteiger partial charge < -0.3 is 5.73 Å². The summed E-state index contributed by atoms with van der Waals surface area (Å²) in [5.74, 6) is 0. The lowest BCUT2D eigenvalue weighted by Crippen LogP contribution is -2.57. The number of hydrogen-bond donors (Lipinski definition) is 1.